The number of nitrogen functional groups attached to an aromatic ring is 1. The lowest BCUT2D eigenvalue weighted by Gasteiger charge is -2.11. The van der Waals surface area contributed by atoms with Crippen LogP contribution in [0.15, 0.2) is 12.1 Å². The van der Waals surface area contributed by atoms with Gasteiger partial charge in [0.15, 0.2) is 0 Å². The summed E-state index contributed by atoms with van der Waals surface area (Å²) in [4.78, 5) is 16.2. The van der Waals surface area contributed by atoms with Crippen LogP contribution in [-0.2, 0) is 4.74 Å². The summed E-state index contributed by atoms with van der Waals surface area (Å²) in [5.74, 6) is 0.456. The molecule has 5 heteroatoms. The number of hydrogen-bond acceptors (Lipinski definition) is 4. The van der Waals surface area contributed by atoms with Gasteiger partial charge in [0.25, 0.3) is 5.91 Å². The van der Waals surface area contributed by atoms with Crippen molar-refractivity contribution in [3.63, 3.8) is 0 Å². The monoisotopic (exact) mass is 265 g/mol. The molecular formula is C14H23N3O2. The van der Waals surface area contributed by atoms with E-state index in [1.165, 1.54) is 0 Å². The van der Waals surface area contributed by atoms with Gasteiger partial charge in [-0.05, 0) is 31.9 Å². The van der Waals surface area contributed by atoms with Gasteiger partial charge in [0.1, 0.15) is 5.82 Å². The van der Waals surface area contributed by atoms with Crippen LogP contribution in [0.5, 0.6) is 0 Å². The molecule has 1 rings (SSSR count). The first-order chi connectivity index (χ1) is 8.90. The smallest absolute Gasteiger partial charge is 0.251 e. The Morgan fingerprint density at radius 2 is 2.05 bits per heavy atom. The average Bonchev–Trinajstić information content (AvgIpc) is 2.33. The molecule has 0 aromatic carbocycles. The number of nitrogens with zero attached hydrogens (tertiary/aromatic N) is 1. The highest BCUT2D eigenvalue weighted by Crippen LogP contribution is 2.15. The van der Waals surface area contributed by atoms with Crippen LogP contribution in [0.25, 0.3) is 0 Å². The molecule has 0 fully saturated rings. The van der Waals surface area contributed by atoms with E-state index in [1.807, 2.05) is 27.7 Å². The molecule has 0 bridgehead atoms. The lowest BCUT2D eigenvalue weighted by atomic mass is 10.1. The van der Waals surface area contributed by atoms with Crippen LogP contribution < -0.4 is 11.1 Å². The molecule has 1 heterocycles. The number of carbonyl (C=O) groups is 1. The minimum atomic E-state index is -0.150. The van der Waals surface area contributed by atoms with E-state index >= 15 is 0 Å². The maximum absolute atomic E-state index is 12.0. The third kappa shape index (κ3) is 5.26. The van der Waals surface area contributed by atoms with Crippen LogP contribution in [0, 0.1) is 0 Å². The van der Waals surface area contributed by atoms with Gasteiger partial charge in [0.05, 0.1) is 12.7 Å². The Hall–Kier alpha value is -1.62. The number of amides is 1. The second kappa shape index (κ2) is 7.09. The summed E-state index contributed by atoms with van der Waals surface area (Å²) in [6, 6.07) is 3.37. The fraction of sp³-hybridized carbons (Fsp3) is 0.571. The number of hydrogen-bond donors (Lipinski definition) is 2. The van der Waals surface area contributed by atoms with E-state index in [9.17, 15) is 4.79 Å². The number of anilines is 1. The average molecular weight is 265 g/mol. The number of ether oxygens (including phenoxy) is 1. The van der Waals surface area contributed by atoms with E-state index in [0.717, 1.165) is 5.69 Å². The molecule has 106 valence electrons. The Morgan fingerprint density at radius 3 is 2.63 bits per heavy atom. The van der Waals surface area contributed by atoms with E-state index in [-0.39, 0.29) is 17.9 Å². The molecule has 0 saturated carbocycles. The quantitative estimate of drug-likeness (QED) is 0.771. The molecule has 0 saturated heterocycles. The largest absolute Gasteiger partial charge is 0.384 e. The highest BCUT2D eigenvalue weighted by Gasteiger charge is 2.10. The summed E-state index contributed by atoms with van der Waals surface area (Å²) >= 11 is 0. The van der Waals surface area contributed by atoms with Gasteiger partial charge >= 0.3 is 0 Å². The molecule has 0 unspecified atom stereocenters. The van der Waals surface area contributed by atoms with Gasteiger partial charge in [-0.3, -0.25) is 4.79 Å². The van der Waals surface area contributed by atoms with Crippen molar-refractivity contribution >= 4 is 11.7 Å². The van der Waals surface area contributed by atoms with Crippen LogP contribution in [0.1, 0.15) is 49.7 Å². The second-order valence-corrected chi connectivity index (χ2v) is 5.04. The molecule has 0 atom stereocenters. The summed E-state index contributed by atoms with van der Waals surface area (Å²) in [6.07, 6.45) is 0.168. The summed E-state index contributed by atoms with van der Waals surface area (Å²) in [5, 5.41) is 2.80. The molecule has 0 aliphatic carbocycles. The van der Waals surface area contributed by atoms with Crippen molar-refractivity contribution < 1.29 is 9.53 Å². The fourth-order valence-electron chi connectivity index (χ4n) is 1.56. The third-order valence-corrected chi connectivity index (χ3v) is 2.56. The molecule has 0 aliphatic rings. The van der Waals surface area contributed by atoms with E-state index in [1.54, 1.807) is 12.1 Å². The SMILES string of the molecule is CC(C)OCCNC(=O)c1cc(N)nc(C(C)C)c1. The molecule has 5 nitrogen and oxygen atoms in total. The standard InChI is InChI=1S/C14H23N3O2/c1-9(2)12-7-11(8-13(15)17-12)14(18)16-5-6-19-10(3)4/h7-10H,5-6H2,1-4H3,(H2,15,17)(H,16,18). The van der Waals surface area contributed by atoms with Gasteiger partial charge in [-0.2, -0.15) is 0 Å². The predicted molar refractivity (Wildman–Crippen MR) is 76.2 cm³/mol. The van der Waals surface area contributed by atoms with Crippen molar-refractivity contribution in [2.75, 3.05) is 18.9 Å². The maximum atomic E-state index is 12.0. The van der Waals surface area contributed by atoms with Crippen molar-refractivity contribution in [1.82, 2.24) is 10.3 Å². The fourth-order valence-corrected chi connectivity index (χ4v) is 1.56. The van der Waals surface area contributed by atoms with Crippen LogP contribution in [-0.4, -0.2) is 30.1 Å². The summed E-state index contributed by atoms with van der Waals surface area (Å²) in [6.45, 7) is 8.93. The minimum absolute atomic E-state index is 0.150. The lowest BCUT2D eigenvalue weighted by molar-refractivity contribution is 0.0746. The minimum Gasteiger partial charge on any atom is -0.384 e. The Labute approximate surface area is 114 Å². The first-order valence-electron chi connectivity index (χ1n) is 6.57. The van der Waals surface area contributed by atoms with E-state index in [4.69, 9.17) is 10.5 Å². The molecule has 1 amide bonds. The van der Waals surface area contributed by atoms with Crippen molar-refractivity contribution in [3.8, 4) is 0 Å². The highest BCUT2D eigenvalue weighted by molar-refractivity contribution is 5.94. The highest BCUT2D eigenvalue weighted by atomic mass is 16.5. The van der Waals surface area contributed by atoms with E-state index in [2.05, 4.69) is 10.3 Å². The van der Waals surface area contributed by atoms with Crippen molar-refractivity contribution in [2.24, 2.45) is 0 Å². The Balaban J connectivity index is 2.61. The van der Waals surface area contributed by atoms with Crippen molar-refractivity contribution in [3.05, 3.63) is 23.4 Å². The molecule has 0 aliphatic heterocycles. The van der Waals surface area contributed by atoms with Crippen LogP contribution in [0.4, 0.5) is 5.82 Å². The zero-order valence-electron chi connectivity index (χ0n) is 12.1. The number of rotatable bonds is 6. The summed E-state index contributed by atoms with van der Waals surface area (Å²) in [7, 11) is 0. The Morgan fingerprint density at radius 1 is 1.37 bits per heavy atom. The lowest BCUT2D eigenvalue weighted by Crippen LogP contribution is -2.28. The number of pyridine rings is 1. The summed E-state index contributed by atoms with van der Waals surface area (Å²) < 4.78 is 5.36. The maximum Gasteiger partial charge on any atom is 0.251 e. The molecule has 0 spiro atoms. The molecule has 19 heavy (non-hydrogen) atoms. The molecule has 1 aromatic rings. The van der Waals surface area contributed by atoms with E-state index in [0.29, 0.717) is 24.5 Å². The van der Waals surface area contributed by atoms with Crippen molar-refractivity contribution in [2.45, 2.75) is 39.7 Å². The van der Waals surface area contributed by atoms with Gasteiger partial charge in [0.2, 0.25) is 0 Å². The van der Waals surface area contributed by atoms with Crippen LogP contribution >= 0.6 is 0 Å². The van der Waals surface area contributed by atoms with Gasteiger partial charge in [0, 0.05) is 17.8 Å². The molecule has 3 N–H and O–H groups in total. The zero-order chi connectivity index (χ0) is 14.4. The molecule has 0 radical (unpaired) electrons. The Bertz CT molecular complexity index is 431. The summed E-state index contributed by atoms with van der Waals surface area (Å²) in [5.41, 5.74) is 7.08. The first kappa shape index (κ1) is 15.4. The second-order valence-electron chi connectivity index (χ2n) is 5.04. The van der Waals surface area contributed by atoms with Crippen molar-refractivity contribution in [1.29, 1.82) is 0 Å². The van der Waals surface area contributed by atoms with Gasteiger partial charge in [-0.1, -0.05) is 13.8 Å². The number of carbonyl (C=O) groups excluding carboxylic acids is 1. The number of nitrogens with one attached hydrogen (secondary N) is 1. The van der Waals surface area contributed by atoms with E-state index < -0.39 is 0 Å². The predicted octanol–water partition coefficient (Wildman–Crippen LogP) is 1.94. The molecular weight excluding hydrogens is 242 g/mol. The van der Waals surface area contributed by atoms with Gasteiger partial charge in [-0.15, -0.1) is 0 Å². The number of aromatic nitrogens is 1. The Kier molecular flexibility index (Phi) is 5.76. The van der Waals surface area contributed by atoms with Gasteiger partial charge < -0.3 is 15.8 Å². The van der Waals surface area contributed by atoms with Gasteiger partial charge in [-0.25, -0.2) is 4.98 Å². The van der Waals surface area contributed by atoms with Crippen LogP contribution in [0.3, 0.4) is 0 Å². The number of nitrogens with two attached hydrogens (primary N) is 1. The molecule has 1 aromatic heterocycles. The van der Waals surface area contributed by atoms with Crippen LogP contribution in [0.2, 0.25) is 0 Å². The topological polar surface area (TPSA) is 77.2 Å². The third-order valence-electron chi connectivity index (χ3n) is 2.56. The first-order valence-corrected chi connectivity index (χ1v) is 6.57. The zero-order valence-corrected chi connectivity index (χ0v) is 12.1. The normalized spacial score (nSPS) is 11.1.